The molecule has 0 aromatic carbocycles. The number of alkyl halides is 1. The predicted octanol–water partition coefficient (Wildman–Crippen LogP) is 0.834. The van der Waals surface area contributed by atoms with Gasteiger partial charge in [0, 0.05) is 13.5 Å². The molecule has 0 aliphatic carbocycles. The summed E-state index contributed by atoms with van der Waals surface area (Å²) in [5.74, 6) is -0.0641. The molecule has 2 unspecified atom stereocenters. The lowest BCUT2D eigenvalue weighted by molar-refractivity contribution is -0.132. The van der Waals surface area contributed by atoms with Crippen LogP contribution in [0.15, 0.2) is 0 Å². The molecule has 0 aromatic rings. The Balaban J connectivity index is 2.74. The predicted molar refractivity (Wildman–Crippen MR) is 60.0 cm³/mol. The van der Waals surface area contributed by atoms with Crippen LogP contribution in [0.2, 0.25) is 0 Å². The number of amides is 1. The van der Waals surface area contributed by atoms with Crippen molar-refractivity contribution in [2.45, 2.75) is 19.9 Å². The highest BCUT2D eigenvalue weighted by Gasteiger charge is 2.37. The Hall–Kier alpha value is -0.420. The molecule has 2 atom stereocenters. The van der Waals surface area contributed by atoms with Crippen LogP contribution in [0.1, 0.15) is 13.8 Å². The summed E-state index contributed by atoms with van der Waals surface area (Å²) in [4.78, 5) is 24.7. The van der Waals surface area contributed by atoms with E-state index in [-0.39, 0.29) is 23.7 Å². The van der Waals surface area contributed by atoms with Gasteiger partial charge in [-0.05, 0) is 6.92 Å². The van der Waals surface area contributed by atoms with Gasteiger partial charge in [0.15, 0.2) is 5.78 Å². The van der Waals surface area contributed by atoms with E-state index in [2.05, 4.69) is 15.9 Å². The number of carbonyl (C=O) groups excluding carboxylic acids is 2. The van der Waals surface area contributed by atoms with Crippen molar-refractivity contribution in [3.63, 3.8) is 0 Å². The molecule has 0 bridgehead atoms. The topological polar surface area (TPSA) is 46.6 Å². The third kappa shape index (κ3) is 2.78. The van der Waals surface area contributed by atoms with Crippen molar-refractivity contribution < 1.29 is 14.3 Å². The molecule has 15 heavy (non-hydrogen) atoms. The highest BCUT2D eigenvalue weighted by Crippen LogP contribution is 2.21. The minimum absolute atomic E-state index is 0.000345. The van der Waals surface area contributed by atoms with Crippen LogP contribution in [0.25, 0.3) is 0 Å². The van der Waals surface area contributed by atoms with E-state index < -0.39 is 0 Å². The van der Waals surface area contributed by atoms with Crippen LogP contribution in [0.5, 0.6) is 0 Å². The second-order valence-electron chi connectivity index (χ2n) is 3.62. The van der Waals surface area contributed by atoms with Crippen molar-refractivity contribution in [2.75, 3.05) is 25.1 Å². The molecule has 1 aliphatic rings. The summed E-state index contributed by atoms with van der Waals surface area (Å²) in [6.45, 7) is 4.96. The summed E-state index contributed by atoms with van der Waals surface area (Å²) in [7, 11) is 0. The quantitative estimate of drug-likeness (QED) is 0.716. The smallest absolute Gasteiger partial charge is 0.219 e. The summed E-state index contributed by atoms with van der Waals surface area (Å²) in [5, 5.41) is 0.326. The maximum atomic E-state index is 11.6. The maximum Gasteiger partial charge on any atom is 0.219 e. The maximum absolute atomic E-state index is 11.6. The lowest BCUT2D eigenvalue weighted by Crippen LogP contribution is -2.45. The molecule has 1 rings (SSSR count). The Morgan fingerprint density at radius 2 is 2.13 bits per heavy atom. The van der Waals surface area contributed by atoms with Crippen LogP contribution >= 0.6 is 15.9 Å². The molecular formula is C10H16BrNO3. The molecule has 4 nitrogen and oxygen atoms in total. The van der Waals surface area contributed by atoms with Crippen LogP contribution in [0.4, 0.5) is 0 Å². The third-order valence-corrected chi connectivity index (χ3v) is 3.29. The van der Waals surface area contributed by atoms with Crippen LogP contribution in [-0.2, 0) is 14.3 Å². The highest BCUT2D eigenvalue weighted by molar-refractivity contribution is 9.09. The minimum atomic E-state index is -0.173. The van der Waals surface area contributed by atoms with Gasteiger partial charge in [0.05, 0.1) is 30.5 Å². The summed E-state index contributed by atoms with van der Waals surface area (Å²) in [5.41, 5.74) is 0. The number of likely N-dealkylation sites (N-methyl/N-ethyl adjacent to an activating group) is 1. The van der Waals surface area contributed by atoms with Crippen molar-refractivity contribution in [3.8, 4) is 0 Å². The van der Waals surface area contributed by atoms with Gasteiger partial charge < -0.3 is 9.64 Å². The Kier molecular flexibility index (Phi) is 4.73. The van der Waals surface area contributed by atoms with Gasteiger partial charge in [0.1, 0.15) is 0 Å². The number of ether oxygens (including phenoxy) is 1. The third-order valence-electron chi connectivity index (χ3n) is 2.74. The van der Waals surface area contributed by atoms with E-state index in [1.165, 1.54) is 6.92 Å². The molecule has 0 aromatic heterocycles. The van der Waals surface area contributed by atoms with Gasteiger partial charge in [-0.15, -0.1) is 0 Å². The molecule has 1 aliphatic heterocycles. The van der Waals surface area contributed by atoms with Gasteiger partial charge >= 0.3 is 0 Å². The Labute approximate surface area is 98.1 Å². The SMILES string of the molecule is CCN(C(C)=O)C1COCC1C(=O)CBr. The van der Waals surface area contributed by atoms with Gasteiger partial charge in [0.2, 0.25) is 5.91 Å². The average molecular weight is 278 g/mol. The van der Waals surface area contributed by atoms with Crippen molar-refractivity contribution in [3.05, 3.63) is 0 Å². The normalized spacial score (nSPS) is 25.3. The first-order chi connectivity index (χ1) is 7.11. The first-order valence-corrected chi connectivity index (χ1v) is 6.17. The van der Waals surface area contributed by atoms with Crippen molar-refractivity contribution >= 4 is 27.6 Å². The van der Waals surface area contributed by atoms with E-state index >= 15 is 0 Å². The molecule has 1 fully saturated rings. The second-order valence-corrected chi connectivity index (χ2v) is 4.18. The molecule has 86 valence electrons. The average Bonchev–Trinajstić information content (AvgIpc) is 2.66. The van der Waals surface area contributed by atoms with Crippen molar-refractivity contribution in [2.24, 2.45) is 5.92 Å². The van der Waals surface area contributed by atoms with Gasteiger partial charge in [-0.3, -0.25) is 9.59 Å². The minimum Gasteiger partial charge on any atom is -0.378 e. The first kappa shape index (κ1) is 12.6. The number of rotatable bonds is 4. The van der Waals surface area contributed by atoms with Crippen molar-refractivity contribution in [1.82, 2.24) is 4.90 Å². The number of nitrogens with zero attached hydrogens (tertiary/aromatic N) is 1. The fourth-order valence-electron chi connectivity index (χ4n) is 1.95. The van der Waals surface area contributed by atoms with Crippen LogP contribution in [0.3, 0.4) is 0 Å². The van der Waals surface area contributed by atoms with Gasteiger partial charge in [-0.2, -0.15) is 0 Å². The molecule has 1 saturated heterocycles. The zero-order valence-electron chi connectivity index (χ0n) is 9.03. The lowest BCUT2D eigenvalue weighted by atomic mass is 9.98. The summed E-state index contributed by atoms with van der Waals surface area (Å²) in [6.07, 6.45) is 0. The zero-order chi connectivity index (χ0) is 11.4. The van der Waals surface area contributed by atoms with Gasteiger partial charge in [-0.1, -0.05) is 15.9 Å². The lowest BCUT2D eigenvalue weighted by Gasteiger charge is -2.28. The van der Waals surface area contributed by atoms with E-state index in [0.717, 1.165) is 0 Å². The van der Waals surface area contributed by atoms with E-state index in [1.807, 2.05) is 6.92 Å². The summed E-state index contributed by atoms with van der Waals surface area (Å²) >= 11 is 3.15. The number of ketones is 1. The zero-order valence-corrected chi connectivity index (χ0v) is 10.6. The molecule has 0 spiro atoms. The van der Waals surface area contributed by atoms with Gasteiger partial charge in [0.25, 0.3) is 0 Å². The van der Waals surface area contributed by atoms with E-state index in [0.29, 0.717) is 25.1 Å². The molecular weight excluding hydrogens is 262 g/mol. The standard InChI is InChI=1S/C10H16BrNO3/c1-3-12(7(2)13)9-6-15-5-8(9)10(14)4-11/h8-9H,3-6H2,1-2H3. The second kappa shape index (κ2) is 5.61. The Morgan fingerprint density at radius 3 is 2.60 bits per heavy atom. The molecule has 0 radical (unpaired) electrons. The van der Waals surface area contributed by atoms with Gasteiger partial charge in [-0.25, -0.2) is 0 Å². The fraction of sp³-hybridized carbons (Fsp3) is 0.800. The first-order valence-electron chi connectivity index (χ1n) is 5.05. The number of carbonyl (C=O) groups is 2. The largest absolute Gasteiger partial charge is 0.378 e. The van der Waals surface area contributed by atoms with Crippen LogP contribution in [0, 0.1) is 5.92 Å². The van der Waals surface area contributed by atoms with E-state index in [1.54, 1.807) is 4.90 Å². The van der Waals surface area contributed by atoms with E-state index in [9.17, 15) is 9.59 Å². The van der Waals surface area contributed by atoms with E-state index in [4.69, 9.17) is 4.74 Å². The molecule has 0 saturated carbocycles. The van der Waals surface area contributed by atoms with Crippen LogP contribution < -0.4 is 0 Å². The molecule has 0 N–H and O–H groups in total. The monoisotopic (exact) mass is 277 g/mol. The molecule has 1 amide bonds. The number of halogens is 1. The highest BCUT2D eigenvalue weighted by atomic mass is 79.9. The molecule has 1 heterocycles. The fourth-order valence-corrected chi connectivity index (χ4v) is 2.36. The van der Waals surface area contributed by atoms with Crippen molar-refractivity contribution in [1.29, 1.82) is 0 Å². The summed E-state index contributed by atoms with van der Waals surface area (Å²) < 4.78 is 5.29. The number of hydrogen-bond acceptors (Lipinski definition) is 3. The number of Topliss-reactive ketones (excluding diaryl/α,β-unsaturated/α-hetero) is 1. The Bertz CT molecular complexity index is 257. The summed E-state index contributed by atoms with van der Waals surface area (Å²) in [6, 6.07) is -0.0856. The number of hydrogen-bond donors (Lipinski definition) is 0. The van der Waals surface area contributed by atoms with Crippen LogP contribution in [-0.4, -0.2) is 47.7 Å². The molecule has 5 heteroatoms. The Morgan fingerprint density at radius 1 is 1.47 bits per heavy atom.